The maximum absolute atomic E-state index is 12.7. The van der Waals surface area contributed by atoms with Crippen LogP contribution >= 0.6 is 72.8 Å². The van der Waals surface area contributed by atoms with Crippen molar-refractivity contribution < 1.29 is 64.7 Å². The number of nitrogens with one attached hydrogen (secondary N) is 1. The molecule has 1 aromatic heterocycles. The van der Waals surface area contributed by atoms with Crippen molar-refractivity contribution in [3.05, 3.63) is 155 Å². The Labute approximate surface area is 828 Å². The minimum Gasteiger partial charge on any atom is -0.497 e. The number of tetrazole rings is 1. The Bertz CT molecular complexity index is 5180. The first-order valence-corrected chi connectivity index (χ1v) is 42.8. The Hall–Kier alpha value is -13.6. The number of carbonyl (C=O) groups is 2. The summed E-state index contributed by atoms with van der Waals surface area (Å²) in [5.41, 5.74) is 72.9. The molecule has 0 bridgehead atoms. The number of halogens is 13. The molecule has 138 heavy (non-hydrogen) atoms. The molecule has 6 aliphatic heterocycles. The summed E-state index contributed by atoms with van der Waals surface area (Å²) >= 11 is 11.7. The van der Waals surface area contributed by atoms with Crippen LogP contribution in [0.1, 0.15) is 116 Å². The van der Waals surface area contributed by atoms with E-state index in [0.29, 0.717) is 85.3 Å². The fourth-order valence-electron chi connectivity index (χ4n) is 12.6. The summed E-state index contributed by atoms with van der Waals surface area (Å²) in [5.74, 6) is 1.98. The summed E-state index contributed by atoms with van der Waals surface area (Å²) in [6.07, 6.45) is 7.79. The number of hydrogen-bond acceptors (Lipinski definition) is 14. The molecule has 0 amide bonds. The number of aliphatic imine (C=N–C) groups is 12. The normalized spacial score (nSPS) is 15.9. The summed E-state index contributed by atoms with van der Waals surface area (Å²) in [5, 5.41) is 29.5. The number of aliphatic carboxylic acids is 2. The third-order valence-corrected chi connectivity index (χ3v) is 19.7. The third kappa shape index (κ3) is 47.7. The van der Waals surface area contributed by atoms with E-state index in [-0.39, 0.29) is 109 Å². The number of ether oxygens (including phenoxy) is 3. The van der Waals surface area contributed by atoms with Crippen LogP contribution in [0, 0.1) is 5.82 Å². The highest BCUT2D eigenvalue weighted by molar-refractivity contribution is 6.42. The minimum atomic E-state index is -4.72. The number of alkyl halides is 6. The van der Waals surface area contributed by atoms with E-state index >= 15 is 0 Å². The minimum absolute atomic E-state index is 0. The average molecular weight is 2060 g/mol. The van der Waals surface area contributed by atoms with Crippen LogP contribution in [0.15, 0.2) is 193 Å². The monoisotopic (exact) mass is 2060 g/mol. The summed E-state index contributed by atoms with van der Waals surface area (Å²) < 4.78 is 100. The molecule has 7 aromatic rings. The molecule has 0 radical (unpaired) electrons. The largest absolute Gasteiger partial charge is 0.573 e. The standard InChI is InChI=1S/C15H23N5O2.C14H19N9.C13H16F3N5O.C13H16F3N5.C13H18FN5.C12H15Cl2N5.2C2H4O2.4ClH/c1-21-12-8-11(9-13(10-12)22-2)18-14(16)19-15(17)20-6-4-3-5-7-20;15-13(18-14(16)23-8-2-1-3-9-23)17-11-6-4-10(5-7-11)12-19-21-22-20-12;14-13(15,16)22-10-5-3-9(4-6-10)19-11(17)20-12(18)21-7-1-2-8-21;14-13(15,16)9-3-5-10(6-4-9)19-11(17)20-12(18)21-7-1-2-8-21;14-10-4-6-11(7-5-10)17-12(15)18-13(16)19-8-2-1-3-9-19;13-9-4-3-8(7-10(9)14)17-11(15)18-12(16)19-5-1-2-6-19;2*1-2(3)4;;;;/h8-10H,3-7H2,1-2H3,(H4,16,17,18,19);4-7H,1-3,8-9H2,(H4,15,16,17,18)(H,19,20,21,22);3-6H,1-2,7-8H2,(H4,17,18,19,20);3-6H,1-2,7-8H2,(H4,17,18,19,20);4-7H,1-3,8-9H2,(H4,15,16,17,18);3-4,7H,1-2,5-6H2,(H4,15,16,17,18);2*1H3,(H,3,4);4*1H. The van der Waals surface area contributed by atoms with Gasteiger partial charge in [0, 0.05) is 116 Å². The van der Waals surface area contributed by atoms with Crippen LogP contribution in [-0.4, -0.2) is 243 Å². The molecular formula is C84H119Cl6F7N34O7. The summed E-state index contributed by atoms with van der Waals surface area (Å²) in [7, 11) is 3.16. The first-order chi connectivity index (χ1) is 63.7. The lowest BCUT2D eigenvalue weighted by Crippen LogP contribution is -2.41. The van der Waals surface area contributed by atoms with Gasteiger partial charge in [0.25, 0.3) is 11.9 Å². The molecule has 0 saturated carbocycles. The molecule has 0 unspecified atom stereocenters. The molecule has 6 saturated heterocycles. The van der Waals surface area contributed by atoms with Gasteiger partial charge in [-0.25, -0.2) is 34.3 Å². The number of carboxylic acids is 2. The van der Waals surface area contributed by atoms with Gasteiger partial charge in [0.05, 0.1) is 64.0 Å². The summed E-state index contributed by atoms with van der Waals surface area (Å²) in [6.45, 7) is 12.8. The van der Waals surface area contributed by atoms with Gasteiger partial charge >= 0.3 is 12.5 Å². The van der Waals surface area contributed by atoms with E-state index < -0.39 is 30.0 Å². The number of nitrogens with two attached hydrogens (primary N) is 12. The Morgan fingerprint density at radius 3 is 0.891 bits per heavy atom. The Morgan fingerprint density at radius 2 is 0.623 bits per heavy atom. The molecule has 0 atom stereocenters. The van der Waals surface area contributed by atoms with Gasteiger partial charge in [0.2, 0.25) is 41.6 Å². The van der Waals surface area contributed by atoms with Crippen LogP contribution in [0.5, 0.6) is 17.2 Å². The van der Waals surface area contributed by atoms with E-state index in [1.54, 1.807) is 50.6 Å². The molecule has 41 nitrogen and oxygen atoms in total. The highest BCUT2D eigenvalue weighted by atomic mass is 35.5. The van der Waals surface area contributed by atoms with Gasteiger partial charge in [-0.05, 0) is 217 Å². The zero-order chi connectivity index (χ0) is 98.3. The second-order valence-electron chi connectivity index (χ2n) is 29.4. The summed E-state index contributed by atoms with van der Waals surface area (Å²) in [4.78, 5) is 78.8. The lowest BCUT2D eigenvalue weighted by Gasteiger charge is -2.27. The molecule has 6 fully saturated rings. The number of nitrogens with zero attached hydrogens (tertiary/aromatic N) is 21. The molecule has 758 valence electrons. The topological polar surface area (TPSA) is 637 Å². The Kier molecular flexibility index (Phi) is 55.0. The van der Waals surface area contributed by atoms with Gasteiger partial charge in [0.15, 0.2) is 35.8 Å². The van der Waals surface area contributed by atoms with Crippen LogP contribution in [-0.2, 0) is 15.8 Å². The predicted molar refractivity (Wildman–Crippen MR) is 538 cm³/mol. The average Bonchev–Trinajstić information content (AvgIpc) is 1.73. The predicted octanol–water partition coefficient (Wildman–Crippen LogP) is 11.9. The van der Waals surface area contributed by atoms with Gasteiger partial charge in [-0.2, -0.15) is 48.3 Å². The number of benzene rings is 6. The highest BCUT2D eigenvalue weighted by Gasteiger charge is 2.32. The van der Waals surface area contributed by atoms with Crippen LogP contribution in [0.2, 0.25) is 10.0 Å². The molecule has 7 heterocycles. The number of carboxylic acid groups (broad SMARTS) is 2. The van der Waals surface area contributed by atoms with Gasteiger partial charge in [-0.15, -0.1) is 73.0 Å². The number of H-pyrrole nitrogens is 1. The maximum Gasteiger partial charge on any atom is 0.573 e. The first kappa shape index (κ1) is 120. The van der Waals surface area contributed by atoms with Crippen molar-refractivity contribution in [2.75, 3.05) is 92.8 Å². The second kappa shape index (κ2) is 62.9. The van der Waals surface area contributed by atoms with E-state index in [9.17, 15) is 30.7 Å². The van der Waals surface area contributed by atoms with Crippen molar-refractivity contribution in [2.24, 2.45) is 129 Å². The van der Waals surface area contributed by atoms with Crippen LogP contribution < -0.4 is 83.0 Å². The van der Waals surface area contributed by atoms with Gasteiger partial charge in [0.1, 0.15) is 23.1 Å². The van der Waals surface area contributed by atoms with Crippen molar-refractivity contribution in [1.29, 1.82) is 0 Å². The second-order valence-corrected chi connectivity index (χ2v) is 30.2. The van der Waals surface area contributed by atoms with E-state index in [2.05, 4.69) is 85.3 Å². The van der Waals surface area contributed by atoms with E-state index in [4.69, 9.17) is 121 Å². The lowest BCUT2D eigenvalue weighted by molar-refractivity contribution is -0.274. The highest BCUT2D eigenvalue weighted by Crippen LogP contribution is 2.33. The number of aromatic amines is 1. The van der Waals surface area contributed by atoms with Gasteiger partial charge < -0.3 is 123 Å². The first-order valence-electron chi connectivity index (χ1n) is 42.0. The SMILES string of the molecule is CC(=O)O.CC(=O)O.COc1cc(N=C(N)N=C(N)N2CCCCC2)cc(OC)c1.Cl.Cl.Cl.Cl.NC(=Nc1ccc(-c2nn[nH]n2)cc1)N=C(N)N1CCCCC1.NC(=Nc1ccc(C(F)(F)F)cc1)N=C(N)N1CCCC1.NC(=Nc1ccc(Cl)c(Cl)c1)N=C(N)N1CCCC1.NC(=Nc1ccc(F)cc1)N=C(N)N1CCCCC1.NC(=Nc1ccc(OC(F)(F)F)cc1)N=C(N)N1CCCC1. The lowest BCUT2D eigenvalue weighted by atomic mass is 10.1. The fraction of sp³-hybridized carbons (Fsp3) is 0.393. The zero-order valence-electron chi connectivity index (χ0n) is 76.1. The molecule has 0 aliphatic carbocycles. The Balaban J connectivity index is 0.000000548. The molecule has 27 N–H and O–H groups in total. The fourth-order valence-corrected chi connectivity index (χ4v) is 12.9. The number of rotatable bonds is 10. The molecule has 13 rings (SSSR count). The van der Waals surface area contributed by atoms with E-state index in [1.807, 2.05) is 53.7 Å². The molecule has 54 heteroatoms. The van der Waals surface area contributed by atoms with Crippen LogP contribution in [0.3, 0.4) is 0 Å². The number of aromatic nitrogens is 4. The number of guanidine groups is 12. The third-order valence-electron chi connectivity index (χ3n) is 19.0. The molecule has 0 spiro atoms. The van der Waals surface area contributed by atoms with Crippen molar-refractivity contribution in [1.82, 2.24) is 50.0 Å². The number of hydrogen-bond donors (Lipinski definition) is 15. The smallest absolute Gasteiger partial charge is 0.497 e. The quantitative estimate of drug-likeness (QED) is 0.0343. The maximum atomic E-state index is 12.7. The molecule has 6 aliphatic rings. The van der Waals surface area contributed by atoms with E-state index in [1.165, 1.54) is 67.8 Å². The summed E-state index contributed by atoms with van der Waals surface area (Å²) in [6, 6.07) is 32.6. The van der Waals surface area contributed by atoms with Gasteiger partial charge in [-0.1, -0.05) is 23.2 Å². The number of likely N-dealkylation sites (tertiary alicyclic amines) is 6. The van der Waals surface area contributed by atoms with Crippen molar-refractivity contribution >= 4 is 190 Å². The number of piperidine rings is 3. The van der Waals surface area contributed by atoms with Crippen LogP contribution in [0.25, 0.3) is 11.4 Å². The molecule has 6 aromatic carbocycles. The van der Waals surface area contributed by atoms with Crippen molar-refractivity contribution in [3.63, 3.8) is 0 Å². The van der Waals surface area contributed by atoms with Gasteiger partial charge in [-0.3, -0.25) is 9.59 Å². The zero-order valence-corrected chi connectivity index (χ0v) is 80.9. The van der Waals surface area contributed by atoms with Crippen molar-refractivity contribution in [3.8, 4) is 28.6 Å². The van der Waals surface area contributed by atoms with Crippen molar-refractivity contribution in [2.45, 2.75) is 123 Å². The Morgan fingerprint density at radius 1 is 0.362 bits per heavy atom. The van der Waals surface area contributed by atoms with E-state index in [0.717, 1.165) is 199 Å². The number of methoxy groups -OCH3 is 2. The van der Waals surface area contributed by atoms with Crippen LogP contribution in [0.4, 0.5) is 64.9 Å². The molecular weight excluding hydrogens is 1940 g/mol.